The van der Waals surface area contributed by atoms with Crippen LogP contribution >= 0.6 is 0 Å². The lowest BCUT2D eigenvalue weighted by Gasteiger charge is -2.31. The van der Waals surface area contributed by atoms with Crippen LogP contribution in [-0.2, 0) is 0 Å². The second-order valence-corrected chi connectivity index (χ2v) is 12.9. The summed E-state index contributed by atoms with van der Waals surface area (Å²) in [6.45, 7) is 24.9. The van der Waals surface area contributed by atoms with Crippen LogP contribution in [0.1, 0.15) is 114 Å². The summed E-state index contributed by atoms with van der Waals surface area (Å²) in [6, 6.07) is 1.62. The maximum atomic E-state index is 3.62. The van der Waals surface area contributed by atoms with Gasteiger partial charge in [-0.1, -0.05) is 75.2 Å². The molecule has 0 aromatic carbocycles. The molecule has 4 heteroatoms. The van der Waals surface area contributed by atoms with E-state index in [1.165, 1.54) is 104 Å². The third-order valence-electron chi connectivity index (χ3n) is 7.45. The summed E-state index contributed by atoms with van der Waals surface area (Å²) in [5.41, 5.74) is 0. The standard InChI is InChI=1S/C10H22N2.2C10H21N.CH4/c1-9(2)8-11-10-4-6-12(3)7-5-10;1-9(2)8-11-6-4-10(3)5-7-11;1-9(2)8-11-10-6-4-3-5-7-10;/h9-11H,4-8H2,1-3H3;9-10H,4-8H2,1-3H3;9-11H,3-8H2,1-2H3;1H4. The minimum Gasteiger partial charge on any atom is -0.314 e. The maximum Gasteiger partial charge on any atom is 0.00915 e. The Morgan fingerprint density at radius 2 is 1.09 bits per heavy atom. The SMILES string of the molecule is C.CC(C)CN1CCC(C)CC1.CC(C)CNC1CCCCC1.CC(C)CNC1CCN(C)CC1. The highest BCUT2D eigenvalue weighted by Crippen LogP contribution is 2.18. The molecule has 3 rings (SSSR count). The van der Waals surface area contributed by atoms with Crippen LogP contribution in [0.5, 0.6) is 0 Å². The zero-order valence-corrected chi connectivity index (χ0v) is 24.7. The largest absolute Gasteiger partial charge is 0.314 e. The van der Waals surface area contributed by atoms with E-state index in [0.717, 1.165) is 35.8 Å². The number of hydrogen-bond acceptors (Lipinski definition) is 4. The van der Waals surface area contributed by atoms with Crippen LogP contribution in [0.4, 0.5) is 0 Å². The first-order chi connectivity index (χ1) is 16.2. The number of hydrogen-bond donors (Lipinski definition) is 2. The van der Waals surface area contributed by atoms with Gasteiger partial charge in [0.2, 0.25) is 0 Å². The first-order valence-electron chi connectivity index (χ1n) is 15.0. The minimum absolute atomic E-state index is 0. The number of likely N-dealkylation sites (tertiary alicyclic amines) is 2. The van der Waals surface area contributed by atoms with Gasteiger partial charge in [0.1, 0.15) is 0 Å². The molecule has 2 saturated heterocycles. The number of piperidine rings is 2. The van der Waals surface area contributed by atoms with Gasteiger partial charge in [0, 0.05) is 18.6 Å². The summed E-state index contributed by atoms with van der Waals surface area (Å²) in [5, 5.41) is 7.24. The first kappa shape index (κ1) is 34.8. The van der Waals surface area contributed by atoms with Crippen molar-refractivity contribution >= 4 is 0 Å². The van der Waals surface area contributed by atoms with Crippen LogP contribution in [0.15, 0.2) is 0 Å². The van der Waals surface area contributed by atoms with E-state index in [9.17, 15) is 0 Å². The molecule has 0 radical (unpaired) electrons. The molecule has 3 fully saturated rings. The van der Waals surface area contributed by atoms with E-state index in [2.05, 4.69) is 75.9 Å². The van der Waals surface area contributed by atoms with Crippen molar-refractivity contribution < 1.29 is 0 Å². The predicted octanol–water partition coefficient (Wildman–Crippen LogP) is 6.90. The summed E-state index contributed by atoms with van der Waals surface area (Å²) in [6.07, 6.45) is 12.6. The zero-order valence-electron chi connectivity index (χ0n) is 24.7. The molecule has 2 heterocycles. The minimum atomic E-state index is 0. The van der Waals surface area contributed by atoms with Gasteiger partial charge in [-0.15, -0.1) is 0 Å². The van der Waals surface area contributed by atoms with Crippen LogP contribution in [-0.4, -0.2) is 74.7 Å². The molecule has 0 aromatic rings. The molecule has 2 aliphatic heterocycles. The fraction of sp³-hybridized carbons (Fsp3) is 1.00. The Kier molecular flexibility index (Phi) is 20.8. The van der Waals surface area contributed by atoms with Crippen molar-refractivity contribution in [3.05, 3.63) is 0 Å². The summed E-state index contributed by atoms with van der Waals surface area (Å²) in [4.78, 5) is 5.01. The van der Waals surface area contributed by atoms with E-state index < -0.39 is 0 Å². The van der Waals surface area contributed by atoms with Gasteiger partial charge in [-0.05, 0) is 109 Å². The molecule has 212 valence electrons. The van der Waals surface area contributed by atoms with Gasteiger partial charge in [-0.25, -0.2) is 0 Å². The van der Waals surface area contributed by atoms with Crippen molar-refractivity contribution in [2.75, 3.05) is 52.9 Å². The molecule has 0 atom stereocenters. The van der Waals surface area contributed by atoms with Crippen molar-refractivity contribution in [3.8, 4) is 0 Å². The lowest BCUT2D eigenvalue weighted by atomic mass is 9.95. The molecule has 1 aliphatic carbocycles. The van der Waals surface area contributed by atoms with E-state index in [1.54, 1.807) is 0 Å². The monoisotopic (exact) mass is 497 g/mol. The Morgan fingerprint density at radius 3 is 1.51 bits per heavy atom. The topological polar surface area (TPSA) is 30.5 Å². The van der Waals surface area contributed by atoms with E-state index >= 15 is 0 Å². The molecule has 0 amide bonds. The third kappa shape index (κ3) is 19.6. The Balaban J connectivity index is 0.000000489. The van der Waals surface area contributed by atoms with Crippen LogP contribution in [0.2, 0.25) is 0 Å². The molecule has 3 aliphatic rings. The first-order valence-corrected chi connectivity index (χ1v) is 15.0. The molecule has 0 aromatic heterocycles. The number of rotatable bonds is 8. The van der Waals surface area contributed by atoms with Gasteiger partial charge in [-0.2, -0.15) is 0 Å². The predicted molar refractivity (Wildman–Crippen MR) is 159 cm³/mol. The van der Waals surface area contributed by atoms with Gasteiger partial charge in [0.05, 0.1) is 0 Å². The number of nitrogens with one attached hydrogen (secondary N) is 2. The fourth-order valence-corrected chi connectivity index (χ4v) is 5.09. The lowest BCUT2D eigenvalue weighted by molar-refractivity contribution is 0.175. The lowest BCUT2D eigenvalue weighted by Crippen LogP contribution is -2.41. The Morgan fingerprint density at radius 1 is 0.629 bits per heavy atom. The van der Waals surface area contributed by atoms with E-state index in [1.807, 2.05) is 0 Å². The molecular formula is C31H68N4. The van der Waals surface area contributed by atoms with E-state index in [4.69, 9.17) is 0 Å². The van der Waals surface area contributed by atoms with Gasteiger partial charge in [0.25, 0.3) is 0 Å². The van der Waals surface area contributed by atoms with Crippen molar-refractivity contribution in [1.82, 2.24) is 20.4 Å². The highest BCUT2D eigenvalue weighted by molar-refractivity contribution is 4.75. The zero-order chi connectivity index (χ0) is 25.3. The summed E-state index contributed by atoms with van der Waals surface area (Å²) >= 11 is 0. The smallest absolute Gasteiger partial charge is 0.00915 e. The average molecular weight is 497 g/mol. The number of nitrogens with zero attached hydrogens (tertiary/aromatic N) is 2. The van der Waals surface area contributed by atoms with Gasteiger partial charge in [0.15, 0.2) is 0 Å². The molecule has 1 saturated carbocycles. The molecule has 2 N–H and O–H groups in total. The van der Waals surface area contributed by atoms with E-state index in [0.29, 0.717) is 0 Å². The van der Waals surface area contributed by atoms with Crippen molar-refractivity contribution in [2.24, 2.45) is 23.7 Å². The second-order valence-electron chi connectivity index (χ2n) is 12.9. The molecule has 35 heavy (non-hydrogen) atoms. The van der Waals surface area contributed by atoms with Crippen molar-refractivity contribution in [2.45, 2.75) is 126 Å². The molecule has 0 spiro atoms. The Labute approximate surface area is 222 Å². The van der Waals surface area contributed by atoms with Gasteiger partial charge in [-0.3, -0.25) is 0 Å². The second kappa shape index (κ2) is 20.8. The van der Waals surface area contributed by atoms with E-state index in [-0.39, 0.29) is 7.43 Å². The summed E-state index contributed by atoms with van der Waals surface area (Å²) in [7, 11) is 2.21. The fourth-order valence-electron chi connectivity index (χ4n) is 5.09. The van der Waals surface area contributed by atoms with Crippen LogP contribution in [0.25, 0.3) is 0 Å². The van der Waals surface area contributed by atoms with Crippen LogP contribution < -0.4 is 10.6 Å². The normalized spacial score (nSPS) is 21.3. The summed E-state index contributed by atoms with van der Waals surface area (Å²) < 4.78 is 0. The Hall–Kier alpha value is -0.160. The van der Waals surface area contributed by atoms with Crippen LogP contribution in [0.3, 0.4) is 0 Å². The van der Waals surface area contributed by atoms with Crippen LogP contribution in [0, 0.1) is 23.7 Å². The average Bonchev–Trinajstić information content (AvgIpc) is 2.80. The molecule has 0 unspecified atom stereocenters. The maximum absolute atomic E-state index is 3.62. The highest BCUT2D eigenvalue weighted by atomic mass is 15.1. The molecule has 0 bridgehead atoms. The highest BCUT2D eigenvalue weighted by Gasteiger charge is 2.16. The van der Waals surface area contributed by atoms with Crippen molar-refractivity contribution in [1.29, 1.82) is 0 Å². The van der Waals surface area contributed by atoms with Gasteiger partial charge < -0.3 is 20.4 Å². The molecule has 4 nitrogen and oxygen atoms in total. The third-order valence-corrected chi connectivity index (χ3v) is 7.45. The van der Waals surface area contributed by atoms with Crippen molar-refractivity contribution in [3.63, 3.8) is 0 Å². The summed E-state index contributed by atoms with van der Waals surface area (Å²) in [5.74, 6) is 3.39. The Bertz CT molecular complexity index is 443. The van der Waals surface area contributed by atoms with Gasteiger partial charge >= 0.3 is 0 Å². The molecular weight excluding hydrogens is 428 g/mol. The quantitative estimate of drug-likeness (QED) is 0.382.